The van der Waals surface area contributed by atoms with E-state index in [0.717, 1.165) is 0 Å². The summed E-state index contributed by atoms with van der Waals surface area (Å²) in [5.74, 6) is 0.0361. The average molecular weight is 249 g/mol. The fourth-order valence-corrected chi connectivity index (χ4v) is 2.35. The van der Waals surface area contributed by atoms with E-state index in [0.29, 0.717) is 18.7 Å². The normalized spacial score (nSPS) is 10.5. The van der Waals surface area contributed by atoms with Gasteiger partial charge in [-0.3, -0.25) is 9.48 Å². The summed E-state index contributed by atoms with van der Waals surface area (Å²) in [6.07, 6.45) is 3.36. The van der Waals surface area contributed by atoms with Crippen LogP contribution in [-0.2, 0) is 13.6 Å². The van der Waals surface area contributed by atoms with E-state index in [2.05, 4.69) is 5.10 Å². The molecule has 0 unspecified atom stereocenters. The minimum atomic E-state index is 0.0361. The van der Waals surface area contributed by atoms with Crippen LogP contribution in [0, 0.1) is 0 Å². The first-order chi connectivity index (χ1) is 8.20. The SMILES string of the molecule is CCN(Cc1cccs1)C(=O)c1cnn(C)c1. The maximum absolute atomic E-state index is 12.2. The van der Waals surface area contributed by atoms with Crippen molar-refractivity contribution >= 4 is 17.2 Å². The van der Waals surface area contributed by atoms with E-state index in [-0.39, 0.29) is 5.91 Å². The maximum atomic E-state index is 12.2. The van der Waals surface area contributed by atoms with Crippen molar-refractivity contribution in [2.24, 2.45) is 7.05 Å². The van der Waals surface area contributed by atoms with Crippen LogP contribution in [0.5, 0.6) is 0 Å². The molecule has 0 radical (unpaired) electrons. The highest BCUT2D eigenvalue weighted by Crippen LogP contribution is 2.13. The molecule has 0 aliphatic rings. The summed E-state index contributed by atoms with van der Waals surface area (Å²) in [5, 5.41) is 6.05. The standard InChI is InChI=1S/C12H15N3OS/c1-3-15(9-11-5-4-6-17-11)12(16)10-7-13-14(2)8-10/h4-8H,3,9H2,1-2H3. The Morgan fingerprint density at radius 1 is 1.59 bits per heavy atom. The molecule has 90 valence electrons. The van der Waals surface area contributed by atoms with Gasteiger partial charge in [0.05, 0.1) is 18.3 Å². The molecule has 0 aliphatic heterocycles. The van der Waals surface area contributed by atoms with Crippen LogP contribution in [0.25, 0.3) is 0 Å². The van der Waals surface area contributed by atoms with Crippen LogP contribution in [0.4, 0.5) is 0 Å². The van der Waals surface area contributed by atoms with Gasteiger partial charge in [-0.1, -0.05) is 6.07 Å². The van der Waals surface area contributed by atoms with Gasteiger partial charge in [0.2, 0.25) is 0 Å². The molecule has 2 aromatic heterocycles. The van der Waals surface area contributed by atoms with Gasteiger partial charge in [0, 0.05) is 24.7 Å². The molecule has 2 heterocycles. The van der Waals surface area contributed by atoms with Crippen molar-refractivity contribution in [2.45, 2.75) is 13.5 Å². The number of aryl methyl sites for hydroxylation is 1. The number of carbonyl (C=O) groups is 1. The lowest BCUT2D eigenvalue weighted by atomic mass is 10.3. The van der Waals surface area contributed by atoms with E-state index < -0.39 is 0 Å². The van der Waals surface area contributed by atoms with Crippen LogP contribution in [0.2, 0.25) is 0 Å². The third kappa shape index (κ3) is 2.74. The van der Waals surface area contributed by atoms with Gasteiger partial charge in [-0.25, -0.2) is 0 Å². The van der Waals surface area contributed by atoms with Gasteiger partial charge in [0.15, 0.2) is 0 Å². The molecule has 1 amide bonds. The molecule has 0 fully saturated rings. The van der Waals surface area contributed by atoms with Gasteiger partial charge in [-0.2, -0.15) is 5.10 Å². The van der Waals surface area contributed by atoms with E-state index in [4.69, 9.17) is 0 Å². The molecule has 0 atom stereocenters. The first-order valence-corrected chi connectivity index (χ1v) is 6.39. The minimum absolute atomic E-state index is 0.0361. The zero-order chi connectivity index (χ0) is 12.3. The van der Waals surface area contributed by atoms with Crippen molar-refractivity contribution in [2.75, 3.05) is 6.54 Å². The molecule has 0 aromatic carbocycles. The third-order valence-electron chi connectivity index (χ3n) is 2.55. The molecule has 0 N–H and O–H groups in total. The lowest BCUT2D eigenvalue weighted by molar-refractivity contribution is 0.0754. The molecule has 0 saturated heterocycles. The molecule has 5 heteroatoms. The number of thiophene rings is 1. The Morgan fingerprint density at radius 2 is 2.41 bits per heavy atom. The number of hydrogen-bond donors (Lipinski definition) is 0. The van der Waals surface area contributed by atoms with E-state index in [9.17, 15) is 4.79 Å². The molecule has 2 aromatic rings. The second kappa shape index (κ2) is 5.14. The number of rotatable bonds is 4. The fraction of sp³-hybridized carbons (Fsp3) is 0.333. The zero-order valence-corrected chi connectivity index (χ0v) is 10.8. The highest BCUT2D eigenvalue weighted by atomic mass is 32.1. The molecular weight excluding hydrogens is 234 g/mol. The average Bonchev–Trinajstić information content (AvgIpc) is 2.96. The van der Waals surface area contributed by atoms with E-state index in [1.807, 2.05) is 36.4 Å². The summed E-state index contributed by atoms with van der Waals surface area (Å²) in [5.41, 5.74) is 0.644. The summed E-state index contributed by atoms with van der Waals surface area (Å²) in [6, 6.07) is 4.05. The smallest absolute Gasteiger partial charge is 0.257 e. The van der Waals surface area contributed by atoms with Crippen LogP contribution in [0.1, 0.15) is 22.2 Å². The van der Waals surface area contributed by atoms with Crippen molar-refractivity contribution in [3.63, 3.8) is 0 Å². The summed E-state index contributed by atoms with van der Waals surface area (Å²) in [4.78, 5) is 15.2. The van der Waals surface area contributed by atoms with E-state index >= 15 is 0 Å². The molecule has 4 nitrogen and oxygen atoms in total. The monoisotopic (exact) mass is 249 g/mol. The Labute approximate surface area is 104 Å². The number of hydrogen-bond acceptors (Lipinski definition) is 3. The second-order valence-electron chi connectivity index (χ2n) is 3.80. The van der Waals surface area contributed by atoms with Gasteiger partial charge in [-0.15, -0.1) is 11.3 Å². The minimum Gasteiger partial charge on any atom is -0.334 e. The van der Waals surface area contributed by atoms with Crippen molar-refractivity contribution in [1.82, 2.24) is 14.7 Å². The first-order valence-electron chi connectivity index (χ1n) is 5.51. The lowest BCUT2D eigenvalue weighted by Gasteiger charge is -2.19. The Hall–Kier alpha value is -1.62. The van der Waals surface area contributed by atoms with Gasteiger partial charge in [0.1, 0.15) is 0 Å². The summed E-state index contributed by atoms with van der Waals surface area (Å²) >= 11 is 1.67. The van der Waals surface area contributed by atoms with Gasteiger partial charge >= 0.3 is 0 Å². The number of aromatic nitrogens is 2. The number of carbonyl (C=O) groups excluding carboxylic acids is 1. The predicted molar refractivity (Wildman–Crippen MR) is 67.9 cm³/mol. The van der Waals surface area contributed by atoms with Crippen LogP contribution in [0.15, 0.2) is 29.9 Å². The Bertz CT molecular complexity index is 490. The molecular formula is C12H15N3OS. The van der Waals surface area contributed by atoms with Crippen LogP contribution in [0.3, 0.4) is 0 Å². The van der Waals surface area contributed by atoms with Gasteiger partial charge in [0.25, 0.3) is 5.91 Å². The Balaban J connectivity index is 2.10. The van der Waals surface area contributed by atoms with E-state index in [1.54, 1.807) is 28.4 Å². The molecule has 17 heavy (non-hydrogen) atoms. The summed E-state index contributed by atoms with van der Waals surface area (Å²) < 4.78 is 1.65. The highest BCUT2D eigenvalue weighted by molar-refractivity contribution is 7.09. The van der Waals surface area contributed by atoms with Crippen molar-refractivity contribution in [1.29, 1.82) is 0 Å². The molecule has 0 bridgehead atoms. The lowest BCUT2D eigenvalue weighted by Crippen LogP contribution is -2.29. The molecule has 0 spiro atoms. The van der Waals surface area contributed by atoms with E-state index in [1.165, 1.54) is 4.88 Å². The predicted octanol–water partition coefficient (Wildman–Crippen LogP) is 2.14. The molecule has 2 rings (SSSR count). The van der Waals surface area contributed by atoms with Crippen LogP contribution in [-0.4, -0.2) is 27.1 Å². The van der Waals surface area contributed by atoms with Crippen molar-refractivity contribution in [3.05, 3.63) is 40.3 Å². The Kier molecular flexibility index (Phi) is 3.58. The summed E-state index contributed by atoms with van der Waals surface area (Å²) in [7, 11) is 1.81. The Morgan fingerprint density at radius 3 is 2.94 bits per heavy atom. The highest BCUT2D eigenvalue weighted by Gasteiger charge is 2.16. The second-order valence-corrected chi connectivity index (χ2v) is 4.83. The van der Waals surface area contributed by atoms with Gasteiger partial charge < -0.3 is 4.90 Å². The third-order valence-corrected chi connectivity index (χ3v) is 3.41. The van der Waals surface area contributed by atoms with Gasteiger partial charge in [-0.05, 0) is 18.4 Å². The maximum Gasteiger partial charge on any atom is 0.257 e. The topological polar surface area (TPSA) is 38.1 Å². The summed E-state index contributed by atoms with van der Waals surface area (Å²) in [6.45, 7) is 3.36. The largest absolute Gasteiger partial charge is 0.334 e. The zero-order valence-electron chi connectivity index (χ0n) is 9.96. The molecule has 0 aliphatic carbocycles. The van der Waals surface area contributed by atoms with Crippen LogP contribution >= 0.6 is 11.3 Å². The number of nitrogens with zero attached hydrogens (tertiary/aromatic N) is 3. The quantitative estimate of drug-likeness (QED) is 0.832. The fourth-order valence-electron chi connectivity index (χ4n) is 1.63. The molecule has 0 saturated carbocycles. The van der Waals surface area contributed by atoms with Crippen molar-refractivity contribution < 1.29 is 4.79 Å². The number of amides is 1. The van der Waals surface area contributed by atoms with Crippen molar-refractivity contribution in [3.8, 4) is 0 Å². The first kappa shape index (κ1) is 11.9. The van der Waals surface area contributed by atoms with Crippen LogP contribution < -0.4 is 0 Å².